The first-order valence-corrected chi connectivity index (χ1v) is 7.22. The molecule has 1 fully saturated rings. The zero-order chi connectivity index (χ0) is 14.5. The van der Waals surface area contributed by atoms with Crippen LogP contribution in [-0.2, 0) is 16.1 Å². The van der Waals surface area contributed by atoms with Crippen LogP contribution in [0.2, 0.25) is 5.02 Å². The number of piperidine rings is 1. The SMILES string of the molecule is COC(=O)CC1CCCCN1Cc1ccc(F)c(Cl)c1. The van der Waals surface area contributed by atoms with E-state index in [2.05, 4.69) is 4.90 Å². The summed E-state index contributed by atoms with van der Waals surface area (Å²) in [6.07, 6.45) is 3.64. The molecule has 1 aliphatic rings. The Morgan fingerprint density at radius 2 is 2.30 bits per heavy atom. The number of carbonyl (C=O) groups excluding carboxylic acids is 1. The highest BCUT2D eigenvalue weighted by molar-refractivity contribution is 6.30. The van der Waals surface area contributed by atoms with Crippen molar-refractivity contribution in [2.45, 2.75) is 38.3 Å². The van der Waals surface area contributed by atoms with E-state index in [-0.39, 0.29) is 17.0 Å². The van der Waals surface area contributed by atoms with Crippen molar-refractivity contribution in [1.82, 2.24) is 4.90 Å². The minimum absolute atomic E-state index is 0.143. The van der Waals surface area contributed by atoms with Gasteiger partial charge in [-0.3, -0.25) is 9.69 Å². The van der Waals surface area contributed by atoms with E-state index in [1.807, 2.05) is 0 Å². The smallest absolute Gasteiger partial charge is 0.307 e. The number of likely N-dealkylation sites (tertiary alicyclic amines) is 1. The number of benzene rings is 1. The number of methoxy groups -OCH3 is 1. The molecular formula is C15H19ClFNO2. The van der Waals surface area contributed by atoms with Gasteiger partial charge in [0, 0.05) is 12.6 Å². The highest BCUT2D eigenvalue weighted by Crippen LogP contribution is 2.24. The molecule has 1 unspecified atom stereocenters. The van der Waals surface area contributed by atoms with E-state index in [4.69, 9.17) is 16.3 Å². The molecule has 0 saturated carbocycles. The molecule has 2 rings (SSSR count). The zero-order valence-corrected chi connectivity index (χ0v) is 12.3. The largest absolute Gasteiger partial charge is 0.469 e. The van der Waals surface area contributed by atoms with Crippen molar-refractivity contribution in [1.29, 1.82) is 0 Å². The van der Waals surface area contributed by atoms with Crippen LogP contribution in [0.4, 0.5) is 4.39 Å². The number of halogens is 2. The molecule has 5 heteroatoms. The van der Waals surface area contributed by atoms with Gasteiger partial charge < -0.3 is 4.74 Å². The summed E-state index contributed by atoms with van der Waals surface area (Å²) in [6.45, 7) is 1.62. The van der Waals surface area contributed by atoms with E-state index in [0.717, 1.165) is 31.4 Å². The van der Waals surface area contributed by atoms with Crippen molar-refractivity contribution in [3.63, 3.8) is 0 Å². The van der Waals surface area contributed by atoms with Crippen LogP contribution in [0.3, 0.4) is 0 Å². The average Bonchev–Trinajstić information content (AvgIpc) is 2.45. The lowest BCUT2D eigenvalue weighted by molar-refractivity contribution is -0.142. The molecule has 0 amide bonds. The Bertz CT molecular complexity index is 481. The van der Waals surface area contributed by atoms with Gasteiger partial charge in [-0.1, -0.05) is 24.1 Å². The van der Waals surface area contributed by atoms with Crippen LogP contribution >= 0.6 is 11.6 Å². The van der Waals surface area contributed by atoms with Crippen LogP contribution in [-0.4, -0.2) is 30.6 Å². The Kier molecular flexibility index (Phi) is 5.38. The third-order valence-corrected chi connectivity index (χ3v) is 4.04. The molecule has 0 aromatic heterocycles. The maximum atomic E-state index is 13.2. The van der Waals surface area contributed by atoms with E-state index in [9.17, 15) is 9.18 Å². The van der Waals surface area contributed by atoms with Gasteiger partial charge in [0.1, 0.15) is 5.82 Å². The molecule has 0 radical (unpaired) electrons. The Morgan fingerprint density at radius 3 is 3.00 bits per heavy atom. The van der Waals surface area contributed by atoms with Gasteiger partial charge in [-0.25, -0.2) is 4.39 Å². The minimum atomic E-state index is -0.403. The number of ether oxygens (including phenoxy) is 1. The summed E-state index contributed by atoms with van der Waals surface area (Å²) in [6, 6.07) is 4.97. The van der Waals surface area contributed by atoms with Gasteiger partial charge in [-0.05, 0) is 37.1 Å². The van der Waals surface area contributed by atoms with Crippen molar-refractivity contribution in [3.8, 4) is 0 Å². The maximum absolute atomic E-state index is 13.2. The highest BCUT2D eigenvalue weighted by atomic mass is 35.5. The molecule has 1 heterocycles. The van der Waals surface area contributed by atoms with E-state index >= 15 is 0 Å². The number of carbonyl (C=O) groups is 1. The predicted octanol–water partition coefficient (Wildman–Crippen LogP) is 3.40. The molecular weight excluding hydrogens is 281 g/mol. The third-order valence-electron chi connectivity index (χ3n) is 3.75. The van der Waals surface area contributed by atoms with Gasteiger partial charge in [0.15, 0.2) is 0 Å². The standard InChI is InChI=1S/C15H19ClFNO2/c1-20-15(19)9-12-4-2-3-7-18(12)10-11-5-6-14(17)13(16)8-11/h5-6,8,12H,2-4,7,9-10H2,1H3. The molecule has 1 aromatic carbocycles. The lowest BCUT2D eigenvalue weighted by atomic mass is 9.98. The monoisotopic (exact) mass is 299 g/mol. The molecule has 110 valence electrons. The van der Waals surface area contributed by atoms with Crippen LogP contribution in [0.1, 0.15) is 31.2 Å². The Labute approximate surface area is 123 Å². The van der Waals surface area contributed by atoms with Crippen molar-refractivity contribution >= 4 is 17.6 Å². The molecule has 0 bridgehead atoms. The van der Waals surface area contributed by atoms with Crippen molar-refractivity contribution in [3.05, 3.63) is 34.6 Å². The van der Waals surface area contributed by atoms with Crippen LogP contribution < -0.4 is 0 Å². The molecule has 1 saturated heterocycles. The summed E-state index contributed by atoms with van der Waals surface area (Å²) in [5, 5.41) is 0.143. The minimum Gasteiger partial charge on any atom is -0.469 e. The summed E-state index contributed by atoms with van der Waals surface area (Å²) in [4.78, 5) is 13.7. The second kappa shape index (κ2) is 7.04. The summed E-state index contributed by atoms with van der Waals surface area (Å²) in [7, 11) is 1.41. The average molecular weight is 300 g/mol. The van der Waals surface area contributed by atoms with Gasteiger partial charge in [-0.15, -0.1) is 0 Å². The number of hydrogen-bond donors (Lipinski definition) is 0. The normalized spacial score (nSPS) is 19.9. The number of hydrogen-bond acceptors (Lipinski definition) is 3. The van der Waals surface area contributed by atoms with Gasteiger partial charge in [0.05, 0.1) is 18.6 Å². The Hall–Kier alpha value is -1.13. The van der Waals surface area contributed by atoms with Gasteiger partial charge in [0.25, 0.3) is 0 Å². The number of nitrogens with zero attached hydrogens (tertiary/aromatic N) is 1. The van der Waals surface area contributed by atoms with E-state index in [0.29, 0.717) is 13.0 Å². The van der Waals surface area contributed by atoms with Crippen LogP contribution in [0.25, 0.3) is 0 Å². The summed E-state index contributed by atoms with van der Waals surface area (Å²) in [5.41, 5.74) is 0.966. The zero-order valence-electron chi connectivity index (χ0n) is 11.6. The molecule has 0 aliphatic carbocycles. The number of rotatable bonds is 4. The lowest BCUT2D eigenvalue weighted by Gasteiger charge is -2.35. The second-order valence-corrected chi connectivity index (χ2v) is 5.56. The first-order chi connectivity index (χ1) is 9.60. The third kappa shape index (κ3) is 3.93. The Morgan fingerprint density at radius 1 is 1.50 bits per heavy atom. The fraction of sp³-hybridized carbons (Fsp3) is 0.533. The fourth-order valence-corrected chi connectivity index (χ4v) is 2.85. The summed E-state index contributed by atoms with van der Waals surface area (Å²) >= 11 is 5.81. The molecule has 1 aliphatic heterocycles. The number of esters is 1. The molecule has 1 aromatic rings. The van der Waals surface area contributed by atoms with Crippen LogP contribution in [0.5, 0.6) is 0 Å². The van der Waals surface area contributed by atoms with Gasteiger partial charge in [0.2, 0.25) is 0 Å². The van der Waals surface area contributed by atoms with Crippen LogP contribution in [0, 0.1) is 5.82 Å². The van der Waals surface area contributed by atoms with Crippen molar-refractivity contribution in [2.75, 3.05) is 13.7 Å². The fourth-order valence-electron chi connectivity index (χ4n) is 2.65. The molecule has 0 N–H and O–H groups in total. The molecule has 1 atom stereocenters. The molecule has 20 heavy (non-hydrogen) atoms. The first kappa shape index (κ1) is 15.3. The highest BCUT2D eigenvalue weighted by Gasteiger charge is 2.25. The summed E-state index contributed by atoms with van der Waals surface area (Å²) < 4.78 is 17.9. The van der Waals surface area contributed by atoms with Crippen molar-refractivity contribution < 1.29 is 13.9 Å². The van der Waals surface area contributed by atoms with E-state index in [1.54, 1.807) is 12.1 Å². The van der Waals surface area contributed by atoms with Crippen LogP contribution in [0.15, 0.2) is 18.2 Å². The van der Waals surface area contributed by atoms with Gasteiger partial charge in [-0.2, -0.15) is 0 Å². The molecule has 3 nitrogen and oxygen atoms in total. The predicted molar refractivity (Wildman–Crippen MR) is 76.1 cm³/mol. The first-order valence-electron chi connectivity index (χ1n) is 6.85. The van der Waals surface area contributed by atoms with Crippen molar-refractivity contribution in [2.24, 2.45) is 0 Å². The quantitative estimate of drug-likeness (QED) is 0.798. The van der Waals surface area contributed by atoms with Gasteiger partial charge >= 0.3 is 5.97 Å². The van der Waals surface area contributed by atoms with E-state index < -0.39 is 5.82 Å². The Balaban J connectivity index is 2.04. The lowest BCUT2D eigenvalue weighted by Crippen LogP contribution is -2.40. The molecule has 0 spiro atoms. The maximum Gasteiger partial charge on any atom is 0.307 e. The summed E-state index contributed by atoms with van der Waals surface area (Å²) in [5.74, 6) is -0.584. The topological polar surface area (TPSA) is 29.5 Å². The van der Waals surface area contributed by atoms with E-state index in [1.165, 1.54) is 13.2 Å². The second-order valence-electron chi connectivity index (χ2n) is 5.15.